The van der Waals surface area contributed by atoms with Crippen molar-refractivity contribution in [3.05, 3.63) is 24.2 Å². The predicted molar refractivity (Wildman–Crippen MR) is 76.5 cm³/mol. The van der Waals surface area contributed by atoms with Gasteiger partial charge in [-0.1, -0.05) is 0 Å². The van der Waals surface area contributed by atoms with E-state index in [9.17, 15) is 9.59 Å². The fourth-order valence-corrected chi connectivity index (χ4v) is 2.12. The average molecular weight is 294 g/mol. The number of furan rings is 1. The Labute approximate surface area is 124 Å². The monoisotopic (exact) mass is 294 g/mol. The Kier molecular flexibility index (Phi) is 5.66. The number of ether oxygens (including phenoxy) is 1. The molecule has 0 unspecified atom stereocenters. The lowest BCUT2D eigenvalue weighted by atomic mass is 10.2. The van der Waals surface area contributed by atoms with Gasteiger partial charge in [-0.05, 0) is 37.8 Å². The largest absolute Gasteiger partial charge is 0.469 e. The Morgan fingerprint density at radius 3 is 2.86 bits per heavy atom. The van der Waals surface area contributed by atoms with Crippen LogP contribution >= 0.6 is 0 Å². The van der Waals surface area contributed by atoms with E-state index in [0.29, 0.717) is 32.0 Å². The maximum absolute atomic E-state index is 12.2. The Morgan fingerprint density at radius 2 is 2.24 bits per heavy atom. The summed E-state index contributed by atoms with van der Waals surface area (Å²) < 4.78 is 9.87. The summed E-state index contributed by atoms with van der Waals surface area (Å²) in [6.07, 6.45) is 5.60. The third kappa shape index (κ3) is 5.13. The molecule has 0 aliphatic heterocycles. The van der Waals surface area contributed by atoms with Crippen LogP contribution in [0.1, 0.15) is 37.9 Å². The zero-order valence-electron chi connectivity index (χ0n) is 12.3. The van der Waals surface area contributed by atoms with Gasteiger partial charge in [0, 0.05) is 19.0 Å². The Bertz CT molecular complexity index is 454. The van der Waals surface area contributed by atoms with Gasteiger partial charge in [0.1, 0.15) is 5.76 Å². The molecule has 6 nitrogen and oxygen atoms in total. The zero-order valence-corrected chi connectivity index (χ0v) is 12.3. The third-order valence-corrected chi connectivity index (χ3v) is 3.47. The fraction of sp³-hybridized carbons (Fsp3) is 0.600. The van der Waals surface area contributed by atoms with Crippen LogP contribution in [0.2, 0.25) is 0 Å². The number of carbonyl (C=O) groups is 2. The van der Waals surface area contributed by atoms with Crippen LogP contribution < -0.4 is 5.32 Å². The van der Waals surface area contributed by atoms with Crippen LogP contribution in [0.4, 0.5) is 4.79 Å². The Hall–Kier alpha value is -1.98. The summed E-state index contributed by atoms with van der Waals surface area (Å²) in [4.78, 5) is 25.0. The van der Waals surface area contributed by atoms with Crippen molar-refractivity contribution >= 4 is 12.0 Å². The molecule has 1 aromatic rings. The van der Waals surface area contributed by atoms with Crippen molar-refractivity contribution in [3.63, 3.8) is 0 Å². The number of hydrogen-bond donors (Lipinski definition) is 1. The van der Waals surface area contributed by atoms with Crippen LogP contribution in [0.25, 0.3) is 0 Å². The van der Waals surface area contributed by atoms with Gasteiger partial charge in [0.25, 0.3) is 0 Å². The van der Waals surface area contributed by atoms with Gasteiger partial charge in [-0.3, -0.25) is 4.79 Å². The molecule has 1 heterocycles. The number of hydrogen-bond acceptors (Lipinski definition) is 4. The topological polar surface area (TPSA) is 71.8 Å². The van der Waals surface area contributed by atoms with E-state index in [0.717, 1.165) is 25.0 Å². The van der Waals surface area contributed by atoms with Crippen molar-refractivity contribution in [2.45, 2.75) is 44.7 Å². The van der Waals surface area contributed by atoms with Crippen LogP contribution in [0.5, 0.6) is 0 Å². The van der Waals surface area contributed by atoms with Gasteiger partial charge in [-0.25, -0.2) is 4.79 Å². The van der Waals surface area contributed by atoms with Crippen LogP contribution in [-0.4, -0.2) is 36.6 Å². The van der Waals surface area contributed by atoms with E-state index in [2.05, 4.69) is 10.1 Å². The second kappa shape index (κ2) is 7.71. The number of amides is 2. The van der Waals surface area contributed by atoms with Crippen molar-refractivity contribution in [1.29, 1.82) is 0 Å². The van der Waals surface area contributed by atoms with Crippen LogP contribution in [0.3, 0.4) is 0 Å². The molecule has 0 atom stereocenters. The normalized spacial score (nSPS) is 13.8. The van der Waals surface area contributed by atoms with Crippen LogP contribution in [-0.2, 0) is 16.1 Å². The summed E-state index contributed by atoms with van der Waals surface area (Å²) in [5.41, 5.74) is 0. The highest BCUT2D eigenvalue weighted by Crippen LogP contribution is 2.28. The molecule has 2 amide bonds. The second-order valence-corrected chi connectivity index (χ2v) is 5.20. The van der Waals surface area contributed by atoms with Crippen molar-refractivity contribution in [3.8, 4) is 0 Å². The van der Waals surface area contributed by atoms with Gasteiger partial charge in [-0.2, -0.15) is 0 Å². The van der Waals surface area contributed by atoms with Crippen molar-refractivity contribution in [2.75, 3.05) is 13.7 Å². The van der Waals surface area contributed by atoms with Crippen LogP contribution in [0.15, 0.2) is 22.8 Å². The molecule has 1 fully saturated rings. The summed E-state index contributed by atoms with van der Waals surface area (Å²) in [6.45, 7) is 1.07. The van der Waals surface area contributed by atoms with E-state index in [1.165, 1.54) is 7.11 Å². The molecular formula is C15H22N2O4. The number of urea groups is 1. The summed E-state index contributed by atoms with van der Waals surface area (Å²) in [6, 6.07) is 3.96. The van der Waals surface area contributed by atoms with E-state index in [1.807, 2.05) is 17.0 Å². The molecule has 0 saturated heterocycles. The lowest BCUT2D eigenvalue weighted by molar-refractivity contribution is -0.140. The highest BCUT2D eigenvalue weighted by atomic mass is 16.5. The number of methoxy groups -OCH3 is 1. The molecule has 1 N–H and O–H groups in total. The van der Waals surface area contributed by atoms with Gasteiger partial charge in [0.2, 0.25) is 0 Å². The SMILES string of the molecule is COC(=O)CCCCNC(=O)N(Cc1ccco1)C1CC1. The summed E-state index contributed by atoms with van der Waals surface area (Å²) >= 11 is 0. The van der Waals surface area contributed by atoms with Crippen molar-refractivity contribution in [1.82, 2.24) is 10.2 Å². The van der Waals surface area contributed by atoms with E-state index in [-0.39, 0.29) is 12.0 Å². The van der Waals surface area contributed by atoms with E-state index >= 15 is 0 Å². The molecule has 1 saturated carbocycles. The fourth-order valence-electron chi connectivity index (χ4n) is 2.12. The molecule has 1 aliphatic carbocycles. The van der Waals surface area contributed by atoms with E-state index in [1.54, 1.807) is 6.26 Å². The van der Waals surface area contributed by atoms with Gasteiger partial charge in [-0.15, -0.1) is 0 Å². The summed E-state index contributed by atoms with van der Waals surface area (Å²) in [7, 11) is 1.38. The number of unbranched alkanes of at least 4 members (excludes halogenated alkanes) is 1. The highest BCUT2D eigenvalue weighted by Gasteiger charge is 2.32. The van der Waals surface area contributed by atoms with Gasteiger partial charge >= 0.3 is 12.0 Å². The zero-order chi connectivity index (χ0) is 15.1. The van der Waals surface area contributed by atoms with E-state index in [4.69, 9.17) is 4.42 Å². The maximum Gasteiger partial charge on any atom is 0.318 e. The van der Waals surface area contributed by atoms with Crippen LogP contribution in [0, 0.1) is 0 Å². The third-order valence-electron chi connectivity index (χ3n) is 3.47. The summed E-state index contributed by atoms with van der Waals surface area (Å²) in [5.74, 6) is 0.585. The molecule has 2 rings (SSSR count). The molecule has 6 heteroatoms. The second-order valence-electron chi connectivity index (χ2n) is 5.20. The first-order valence-electron chi connectivity index (χ1n) is 7.34. The molecule has 0 bridgehead atoms. The molecule has 0 aromatic carbocycles. The molecule has 116 valence electrons. The predicted octanol–water partition coefficient (Wildman–Crippen LogP) is 2.30. The quantitative estimate of drug-likeness (QED) is 0.590. The molecule has 0 spiro atoms. The van der Waals surface area contributed by atoms with Crippen molar-refractivity contribution in [2.24, 2.45) is 0 Å². The minimum atomic E-state index is -0.209. The molecular weight excluding hydrogens is 272 g/mol. The number of nitrogens with one attached hydrogen (secondary N) is 1. The number of esters is 1. The van der Waals surface area contributed by atoms with Gasteiger partial charge in [0.05, 0.1) is 19.9 Å². The lowest BCUT2D eigenvalue weighted by Crippen LogP contribution is -2.41. The first kappa shape index (κ1) is 15.4. The smallest absolute Gasteiger partial charge is 0.318 e. The number of rotatable bonds is 8. The van der Waals surface area contributed by atoms with Gasteiger partial charge < -0.3 is 19.4 Å². The maximum atomic E-state index is 12.2. The van der Waals surface area contributed by atoms with Gasteiger partial charge in [0.15, 0.2) is 0 Å². The Balaban J connectivity index is 1.68. The number of nitrogens with zero attached hydrogens (tertiary/aromatic N) is 1. The average Bonchev–Trinajstić information content (AvgIpc) is 3.20. The first-order valence-corrected chi connectivity index (χ1v) is 7.34. The van der Waals surface area contributed by atoms with E-state index < -0.39 is 0 Å². The molecule has 1 aromatic heterocycles. The lowest BCUT2D eigenvalue weighted by Gasteiger charge is -2.21. The Morgan fingerprint density at radius 1 is 1.43 bits per heavy atom. The molecule has 0 radical (unpaired) electrons. The van der Waals surface area contributed by atoms with Crippen molar-refractivity contribution < 1.29 is 18.7 Å². The molecule has 21 heavy (non-hydrogen) atoms. The standard InChI is InChI=1S/C15H22N2O4/c1-20-14(18)6-2-3-9-16-15(19)17(12-7-8-12)11-13-5-4-10-21-13/h4-5,10,12H,2-3,6-9,11H2,1H3,(H,16,19). The molecule has 1 aliphatic rings. The minimum absolute atomic E-state index is 0.0630. The number of carbonyl (C=O) groups excluding carboxylic acids is 2. The summed E-state index contributed by atoms with van der Waals surface area (Å²) in [5, 5.41) is 2.90. The highest BCUT2D eigenvalue weighted by molar-refractivity contribution is 5.74. The first-order chi connectivity index (χ1) is 10.2. The minimum Gasteiger partial charge on any atom is -0.469 e.